The van der Waals surface area contributed by atoms with Crippen LogP contribution in [0.4, 0.5) is 5.13 Å². The first-order chi connectivity index (χ1) is 12.4. The van der Waals surface area contributed by atoms with Gasteiger partial charge in [-0.25, -0.2) is 9.67 Å². The van der Waals surface area contributed by atoms with Crippen molar-refractivity contribution in [3.63, 3.8) is 0 Å². The average Bonchev–Trinajstić information content (AvgIpc) is 3.17. The number of nitrogens with one attached hydrogen (secondary N) is 1. The predicted molar refractivity (Wildman–Crippen MR) is 103 cm³/mol. The van der Waals surface area contributed by atoms with Gasteiger partial charge < -0.3 is 4.57 Å². The molecule has 0 aliphatic heterocycles. The number of rotatable bonds is 5. The maximum Gasteiger partial charge on any atom is 0.277 e. The Kier molecular flexibility index (Phi) is 4.85. The Labute approximate surface area is 154 Å². The van der Waals surface area contributed by atoms with Crippen molar-refractivity contribution in [1.29, 1.82) is 0 Å². The summed E-state index contributed by atoms with van der Waals surface area (Å²) in [6.45, 7) is 8.61. The third-order valence-corrected chi connectivity index (χ3v) is 4.84. The van der Waals surface area contributed by atoms with Gasteiger partial charge in [-0.05, 0) is 26.0 Å². The first-order valence-corrected chi connectivity index (χ1v) is 8.88. The maximum absolute atomic E-state index is 12.3. The Morgan fingerprint density at radius 1 is 1.38 bits per heavy atom. The van der Waals surface area contributed by atoms with Crippen LogP contribution in [0.25, 0.3) is 11.3 Å². The molecular formula is C18H19N5O2S. The van der Waals surface area contributed by atoms with Crippen molar-refractivity contribution in [3.05, 3.63) is 63.7 Å². The molecule has 0 fully saturated rings. The van der Waals surface area contributed by atoms with E-state index in [4.69, 9.17) is 0 Å². The lowest BCUT2D eigenvalue weighted by atomic mass is 10.2. The van der Waals surface area contributed by atoms with Gasteiger partial charge in [-0.1, -0.05) is 6.08 Å². The number of thiazole rings is 1. The van der Waals surface area contributed by atoms with Gasteiger partial charge in [0.1, 0.15) is 5.69 Å². The largest absolute Gasteiger partial charge is 0.345 e. The Morgan fingerprint density at radius 2 is 2.15 bits per heavy atom. The normalized spacial score (nSPS) is 10.7. The number of anilines is 1. The molecule has 7 nitrogen and oxygen atoms in total. The summed E-state index contributed by atoms with van der Waals surface area (Å²) in [5, 5.41) is 9.06. The molecule has 3 aromatic rings. The van der Waals surface area contributed by atoms with Crippen molar-refractivity contribution >= 4 is 22.4 Å². The Hall–Kier alpha value is -3.00. The lowest BCUT2D eigenvalue weighted by molar-refractivity contribution is 0.102. The third-order valence-electron chi connectivity index (χ3n) is 4.08. The summed E-state index contributed by atoms with van der Waals surface area (Å²) in [4.78, 5) is 28.2. The highest BCUT2D eigenvalue weighted by Crippen LogP contribution is 2.30. The van der Waals surface area contributed by atoms with E-state index in [1.54, 1.807) is 0 Å². The molecular weight excluding hydrogens is 350 g/mol. The molecule has 0 unspecified atom stereocenters. The van der Waals surface area contributed by atoms with Crippen LogP contribution in [-0.2, 0) is 13.6 Å². The minimum atomic E-state index is -0.404. The molecule has 134 valence electrons. The summed E-state index contributed by atoms with van der Waals surface area (Å²) >= 11 is 1.34. The van der Waals surface area contributed by atoms with E-state index in [0.717, 1.165) is 33.9 Å². The minimum absolute atomic E-state index is 0.160. The predicted octanol–water partition coefficient (Wildman–Crippen LogP) is 2.76. The molecule has 0 bridgehead atoms. The highest BCUT2D eigenvalue weighted by Gasteiger charge is 2.15. The van der Waals surface area contributed by atoms with E-state index < -0.39 is 5.91 Å². The number of hydrogen-bond acceptors (Lipinski definition) is 5. The van der Waals surface area contributed by atoms with E-state index >= 15 is 0 Å². The molecule has 0 spiro atoms. The fourth-order valence-electron chi connectivity index (χ4n) is 2.71. The first-order valence-electron chi connectivity index (χ1n) is 8.00. The Balaban J connectivity index is 1.83. The monoisotopic (exact) mass is 369 g/mol. The molecule has 0 aliphatic rings. The van der Waals surface area contributed by atoms with Crippen LogP contribution in [0.5, 0.6) is 0 Å². The Bertz CT molecular complexity index is 1040. The number of hydrogen-bond donors (Lipinski definition) is 1. The quantitative estimate of drug-likeness (QED) is 0.701. The molecule has 0 atom stereocenters. The molecule has 0 radical (unpaired) electrons. The van der Waals surface area contributed by atoms with Gasteiger partial charge in [-0.2, -0.15) is 5.10 Å². The zero-order chi connectivity index (χ0) is 18.8. The van der Waals surface area contributed by atoms with Gasteiger partial charge in [-0.15, -0.1) is 17.9 Å². The zero-order valence-electron chi connectivity index (χ0n) is 14.8. The Morgan fingerprint density at radius 3 is 2.85 bits per heavy atom. The van der Waals surface area contributed by atoms with Gasteiger partial charge in [-0.3, -0.25) is 14.9 Å². The maximum atomic E-state index is 12.3. The van der Waals surface area contributed by atoms with Crippen LogP contribution in [0.15, 0.2) is 41.0 Å². The van der Waals surface area contributed by atoms with E-state index in [1.165, 1.54) is 30.5 Å². The van der Waals surface area contributed by atoms with Crippen LogP contribution in [0.2, 0.25) is 0 Å². The third kappa shape index (κ3) is 3.36. The highest BCUT2D eigenvalue weighted by molar-refractivity contribution is 7.14. The molecule has 1 amide bonds. The van der Waals surface area contributed by atoms with Crippen molar-refractivity contribution in [2.75, 3.05) is 5.32 Å². The van der Waals surface area contributed by atoms with Gasteiger partial charge in [0, 0.05) is 42.0 Å². The van der Waals surface area contributed by atoms with Crippen LogP contribution >= 0.6 is 11.3 Å². The molecule has 3 aromatic heterocycles. The van der Waals surface area contributed by atoms with Gasteiger partial charge in [0.2, 0.25) is 0 Å². The van der Waals surface area contributed by atoms with E-state index in [0.29, 0.717) is 5.13 Å². The number of nitrogens with zero attached hydrogens (tertiary/aromatic N) is 4. The van der Waals surface area contributed by atoms with Crippen LogP contribution in [0.3, 0.4) is 0 Å². The lowest BCUT2D eigenvalue weighted by Gasteiger charge is -2.05. The summed E-state index contributed by atoms with van der Waals surface area (Å²) in [6, 6.07) is 4.78. The standard InChI is InChI=1S/C18H19N5O2S/c1-5-8-23-11(2)9-13(12(23)3)15-10-26-18(19-15)20-17(25)14-6-7-16(24)22(4)21-14/h5-7,9-10H,1,8H2,2-4H3,(H,19,20,25). The molecule has 8 heteroatoms. The minimum Gasteiger partial charge on any atom is -0.345 e. The molecule has 0 aromatic carbocycles. The second-order valence-electron chi connectivity index (χ2n) is 5.86. The van der Waals surface area contributed by atoms with Crippen LogP contribution in [-0.4, -0.2) is 25.2 Å². The van der Waals surface area contributed by atoms with Gasteiger partial charge in [0.05, 0.1) is 5.69 Å². The highest BCUT2D eigenvalue weighted by atomic mass is 32.1. The van der Waals surface area contributed by atoms with Crippen molar-refractivity contribution in [2.45, 2.75) is 20.4 Å². The molecule has 3 rings (SSSR count). The number of aromatic nitrogens is 4. The van der Waals surface area contributed by atoms with Crippen molar-refractivity contribution in [1.82, 2.24) is 19.3 Å². The average molecular weight is 369 g/mol. The number of carbonyl (C=O) groups excluding carboxylic acids is 1. The molecule has 0 aliphatic carbocycles. The number of allylic oxidation sites excluding steroid dienone is 1. The summed E-state index contributed by atoms with van der Waals surface area (Å²) in [7, 11) is 1.50. The van der Waals surface area contributed by atoms with E-state index in [-0.39, 0.29) is 11.3 Å². The zero-order valence-corrected chi connectivity index (χ0v) is 15.6. The second kappa shape index (κ2) is 7.09. The van der Waals surface area contributed by atoms with Crippen LogP contribution in [0, 0.1) is 13.8 Å². The van der Waals surface area contributed by atoms with Crippen molar-refractivity contribution in [2.24, 2.45) is 7.05 Å². The van der Waals surface area contributed by atoms with E-state index in [1.807, 2.05) is 25.3 Å². The van der Waals surface area contributed by atoms with Crippen molar-refractivity contribution in [3.8, 4) is 11.3 Å². The first kappa shape index (κ1) is 17.8. The number of amides is 1. The summed E-state index contributed by atoms with van der Waals surface area (Å²) in [5.41, 5.74) is 3.96. The summed E-state index contributed by atoms with van der Waals surface area (Å²) in [6.07, 6.45) is 1.86. The smallest absolute Gasteiger partial charge is 0.277 e. The number of aryl methyl sites for hydroxylation is 2. The second-order valence-corrected chi connectivity index (χ2v) is 6.71. The molecule has 26 heavy (non-hydrogen) atoms. The fraction of sp³-hybridized carbons (Fsp3) is 0.222. The lowest BCUT2D eigenvalue weighted by Crippen LogP contribution is -2.23. The van der Waals surface area contributed by atoms with E-state index in [2.05, 4.69) is 32.6 Å². The van der Waals surface area contributed by atoms with Gasteiger partial charge in [0.25, 0.3) is 11.5 Å². The molecule has 3 heterocycles. The summed E-state index contributed by atoms with van der Waals surface area (Å²) in [5.74, 6) is -0.404. The topological polar surface area (TPSA) is 81.8 Å². The van der Waals surface area contributed by atoms with Crippen molar-refractivity contribution < 1.29 is 4.79 Å². The fourth-order valence-corrected chi connectivity index (χ4v) is 3.42. The molecule has 0 saturated heterocycles. The van der Waals surface area contributed by atoms with Gasteiger partial charge in [0.15, 0.2) is 5.13 Å². The molecule has 1 N–H and O–H groups in total. The van der Waals surface area contributed by atoms with Crippen LogP contribution < -0.4 is 10.9 Å². The summed E-state index contributed by atoms with van der Waals surface area (Å²) < 4.78 is 3.28. The van der Waals surface area contributed by atoms with Crippen LogP contribution in [0.1, 0.15) is 21.9 Å². The number of carbonyl (C=O) groups is 1. The SMILES string of the molecule is C=CCn1c(C)cc(-c2csc(NC(=O)c3ccc(=O)n(C)n3)n2)c1C. The molecule has 0 saturated carbocycles. The van der Waals surface area contributed by atoms with Gasteiger partial charge >= 0.3 is 0 Å². The van der Waals surface area contributed by atoms with E-state index in [9.17, 15) is 9.59 Å².